The Morgan fingerprint density at radius 2 is 1.87 bits per heavy atom. The maximum absolute atomic E-state index is 11.4. The van der Waals surface area contributed by atoms with Crippen molar-refractivity contribution in [1.82, 2.24) is 0 Å². The highest BCUT2D eigenvalue weighted by Gasteiger charge is 2.20. The van der Waals surface area contributed by atoms with E-state index in [0.29, 0.717) is 0 Å². The number of hydrogen-bond acceptors (Lipinski definition) is 4. The standard InChI is InChI=1S/C11H10O4/c1-3-14-7-8-5-10(13)11(15-4-2)6-9(8)12/h3-6H,1-2,7H2. The molecule has 1 rings (SSSR count). The molecule has 0 amide bonds. The summed E-state index contributed by atoms with van der Waals surface area (Å²) in [7, 11) is 0. The zero-order valence-corrected chi connectivity index (χ0v) is 8.06. The highest BCUT2D eigenvalue weighted by molar-refractivity contribution is 6.19. The molecule has 0 saturated heterocycles. The van der Waals surface area contributed by atoms with Crippen LogP contribution >= 0.6 is 0 Å². The molecule has 1 aliphatic rings. The van der Waals surface area contributed by atoms with E-state index >= 15 is 0 Å². The Kier molecular flexibility index (Phi) is 3.62. The predicted molar refractivity (Wildman–Crippen MR) is 53.6 cm³/mol. The average molecular weight is 206 g/mol. The second-order valence-electron chi connectivity index (χ2n) is 2.67. The summed E-state index contributed by atoms with van der Waals surface area (Å²) in [6.07, 6.45) is 4.60. The van der Waals surface area contributed by atoms with E-state index in [1.807, 2.05) is 0 Å². The highest BCUT2D eigenvalue weighted by Crippen LogP contribution is 2.13. The lowest BCUT2D eigenvalue weighted by Gasteiger charge is -2.10. The fourth-order valence-electron chi connectivity index (χ4n) is 1.03. The minimum absolute atomic E-state index is 0.0302. The smallest absolute Gasteiger partial charge is 0.221 e. The van der Waals surface area contributed by atoms with Gasteiger partial charge in [-0.1, -0.05) is 13.2 Å². The van der Waals surface area contributed by atoms with E-state index < -0.39 is 0 Å². The Bertz CT molecular complexity index is 374. The molecule has 4 heteroatoms. The molecular formula is C11H10O4. The molecule has 0 atom stereocenters. The van der Waals surface area contributed by atoms with Crippen molar-refractivity contribution in [3.63, 3.8) is 0 Å². The fraction of sp³-hybridized carbons (Fsp3) is 0.0909. The second-order valence-corrected chi connectivity index (χ2v) is 2.67. The zero-order chi connectivity index (χ0) is 11.3. The van der Waals surface area contributed by atoms with Crippen LogP contribution in [0.15, 0.2) is 49.2 Å². The predicted octanol–water partition coefficient (Wildman–Crippen LogP) is 1.27. The van der Waals surface area contributed by atoms with Crippen molar-refractivity contribution in [2.24, 2.45) is 0 Å². The van der Waals surface area contributed by atoms with E-state index in [1.54, 1.807) is 0 Å². The van der Waals surface area contributed by atoms with Gasteiger partial charge >= 0.3 is 0 Å². The van der Waals surface area contributed by atoms with Crippen LogP contribution in [0.4, 0.5) is 0 Å². The molecule has 0 fully saturated rings. The van der Waals surface area contributed by atoms with Gasteiger partial charge in [-0.15, -0.1) is 0 Å². The third-order valence-corrected chi connectivity index (χ3v) is 1.69. The Labute approximate surface area is 87.2 Å². The molecule has 4 nitrogen and oxygen atoms in total. The summed E-state index contributed by atoms with van der Waals surface area (Å²) >= 11 is 0. The quantitative estimate of drug-likeness (QED) is 0.502. The van der Waals surface area contributed by atoms with Gasteiger partial charge in [-0.2, -0.15) is 0 Å². The van der Waals surface area contributed by atoms with Gasteiger partial charge in [-0.25, -0.2) is 0 Å². The average Bonchev–Trinajstić information content (AvgIpc) is 2.21. The molecule has 0 spiro atoms. The van der Waals surface area contributed by atoms with Gasteiger partial charge in [0.05, 0.1) is 12.5 Å². The first-order chi connectivity index (χ1) is 7.19. The second kappa shape index (κ2) is 4.95. The zero-order valence-electron chi connectivity index (χ0n) is 8.06. The molecule has 0 aromatic heterocycles. The summed E-state index contributed by atoms with van der Waals surface area (Å²) in [5.74, 6) is -0.720. The van der Waals surface area contributed by atoms with Gasteiger partial charge in [0.15, 0.2) is 11.5 Å². The highest BCUT2D eigenvalue weighted by atomic mass is 16.5. The monoisotopic (exact) mass is 206 g/mol. The van der Waals surface area contributed by atoms with Crippen LogP contribution in [0.25, 0.3) is 0 Å². The summed E-state index contributed by atoms with van der Waals surface area (Å²) in [5.41, 5.74) is 0.274. The number of ether oxygens (including phenoxy) is 2. The van der Waals surface area contributed by atoms with Gasteiger partial charge in [0.2, 0.25) is 5.78 Å². The molecule has 0 aromatic carbocycles. The van der Waals surface area contributed by atoms with Crippen molar-refractivity contribution >= 4 is 11.6 Å². The summed E-state index contributed by atoms with van der Waals surface area (Å²) in [6, 6.07) is 0. The minimum Gasteiger partial charge on any atom is -0.497 e. The SMILES string of the molecule is C=COCC1=CC(=O)C(OC=C)=CC1=O. The van der Waals surface area contributed by atoms with E-state index in [4.69, 9.17) is 9.47 Å². The van der Waals surface area contributed by atoms with E-state index in [-0.39, 0.29) is 29.5 Å². The van der Waals surface area contributed by atoms with Gasteiger partial charge in [0.25, 0.3) is 0 Å². The number of carbonyl (C=O) groups excluding carboxylic acids is 2. The first kappa shape index (κ1) is 11.0. The summed E-state index contributed by atoms with van der Waals surface area (Å²) < 4.78 is 9.59. The molecular weight excluding hydrogens is 196 g/mol. The Morgan fingerprint density at radius 3 is 2.47 bits per heavy atom. The summed E-state index contributed by atoms with van der Waals surface area (Å²) in [4.78, 5) is 22.8. The Balaban J connectivity index is 2.78. The van der Waals surface area contributed by atoms with Crippen LogP contribution in [0, 0.1) is 0 Å². The lowest BCUT2D eigenvalue weighted by molar-refractivity contribution is -0.117. The molecule has 0 heterocycles. The van der Waals surface area contributed by atoms with Crippen molar-refractivity contribution in [2.45, 2.75) is 0 Å². The van der Waals surface area contributed by atoms with Crippen LogP contribution in [-0.4, -0.2) is 18.2 Å². The maximum Gasteiger partial charge on any atom is 0.221 e. The molecule has 0 aromatic rings. The van der Waals surface area contributed by atoms with Crippen LogP contribution < -0.4 is 0 Å². The van der Waals surface area contributed by atoms with Gasteiger partial charge in [0.1, 0.15) is 6.61 Å². The van der Waals surface area contributed by atoms with E-state index in [1.165, 1.54) is 12.3 Å². The number of carbonyl (C=O) groups is 2. The molecule has 0 bridgehead atoms. The van der Waals surface area contributed by atoms with Crippen molar-refractivity contribution in [3.8, 4) is 0 Å². The van der Waals surface area contributed by atoms with Crippen LogP contribution in [0.2, 0.25) is 0 Å². The van der Waals surface area contributed by atoms with Crippen molar-refractivity contribution in [1.29, 1.82) is 0 Å². The van der Waals surface area contributed by atoms with Gasteiger partial charge in [-0.3, -0.25) is 9.59 Å². The number of ketones is 2. The molecule has 0 unspecified atom stereocenters. The van der Waals surface area contributed by atoms with Gasteiger partial charge in [0, 0.05) is 11.6 Å². The van der Waals surface area contributed by atoms with Crippen molar-refractivity contribution in [2.75, 3.05) is 6.61 Å². The molecule has 0 radical (unpaired) electrons. The molecule has 15 heavy (non-hydrogen) atoms. The third kappa shape index (κ3) is 2.67. The Morgan fingerprint density at radius 1 is 1.13 bits per heavy atom. The molecule has 78 valence electrons. The topological polar surface area (TPSA) is 52.6 Å². The third-order valence-electron chi connectivity index (χ3n) is 1.69. The van der Waals surface area contributed by atoms with Crippen LogP contribution in [-0.2, 0) is 19.1 Å². The van der Waals surface area contributed by atoms with E-state index in [2.05, 4.69) is 13.2 Å². The summed E-state index contributed by atoms with van der Waals surface area (Å²) in [5, 5.41) is 0. The van der Waals surface area contributed by atoms with Crippen molar-refractivity contribution < 1.29 is 19.1 Å². The maximum atomic E-state index is 11.4. The van der Waals surface area contributed by atoms with Crippen LogP contribution in [0.1, 0.15) is 0 Å². The first-order valence-corrected chi connectivity index (χ1v) is 4.20. The number of rotatable bonds is 5. The van der Waals surface area contributed by atoms with Gasteiger partial charge in [-0.05, 0) is 6.08 Å². The molecule has 0 aliphatic heterocycles. The van der Waals surface area contributed by atoms with Crippen molar-refractivity contribution in [3.05, 3.63) is 49.2 Å². The van der Waals surface area contributed by atoms with E-state index in [0.717, 1.165) is 12.3 Å². The first-order valence-electron chi connectivity index (χ1n) is 4.20. The normalized spacial score (nSPS) is 15.2. The van der Waals surface area contributed by atoms with Gasteiger partial charge < -0.3 is 9.47 Å². The van der Waals surface area contributed by atoms with E-state index in [9.17, 15) is 9.59 Å². The molecule has 0 N–H and O–H groups in total. The lowest BCUT2D eigenvalue weighted by Crippen LogP contribution is -2.16. The van der Waals surface area contributed by atoms with Crippen LogP contribution in [0.5, 0.6) is 0 Å². The lowest BCUT2D eigenvalue weighted by atomic mass is 10.0. The Hall–Kier alpha value is -2.10. The minimum atomic E-state index is -0.378. The van der Waals surface area contributed by atoms with Crippen LogP contribution in [0.3, 0.4) is 0 Å². The largest absolute Gasteiger partial charge is 0.497 e. The molecule has 1 aliphatic carbocycles. The summed E-state index contributed by atoms with van der Waals surface area (Å²) in [6.45, 7) is 6.67. The molecule has 0 saturated carbocycles. The number of allylic oxidation sites excluding steroid dienone is 2. The fourth-order valence-corrected chi connectivity index (χ4v) is 1.03. The number of hydrogen-bond donors (Lipinski definition) is 0.